The number of sulfonamides is 1. The van der Waals surface area contributed by atoms with Crippen molar-refractivity contribution < 1.29 is 17.9 Å². The first-order chi connectivity index (χ1) is 15.2. The van der Waals surface area contributed by atoms with E-state index < -0.39 is 15.4 Å². The lowest BCUT2D eigenvalue weighted by Crippen LogP contribution is -2.35. The second kappa shape index (κ2) is 9.44. The van der Waals surface area contributed by atoms with E-state index in [4.69, 9.17) is 4.74 Å². The third-order valence-corrected chi connectivity index (χ3v) is 7.30. The molecule has 0 atom stereocenters. The Hall–Kier alpha value is -3.32. The number of para-hydroxylation sites is 1. The van der Waals surface area contributed by atoms with Crippen molar-refractivity contribution in [3.05, 3.63) is 84.4 Å². The molecule has 0 aliphatic carbocycles. The van der Waals surface area contributed by atoms with Gasteiger partial charge < -0.3 is 10.1 Å². The zero-order chi connectivity index (χ0) is 23.4. The van der Waals surface area contributed by atoms with Gasteiger partial charge in [-0.05, 0) is 56.7 Å². The van der Waals surface area contributed by atoms with Gasteiger partial charge in [-0.2, -0.15) is 0 Å². The molecular formula is C25H28N2O4S. The lowest BCUT2D eigenvalue weighted by atomic mass is 9.83. The van der Waals surface area contributed by atoms with Gasteiger partial charge in [-0.1, -0.05) is 48.5 Å². The summed E-state index contributed by atoms with van der Waals surface area (Å²) in [5, 5.41) is 2.86. The smallest absolute Gasteiger partial charge is 0.264 e. The fourth-order valence-electron chi connectivity index (χ4n) is 3.42. The molecule has 32 heavy (non-hydrogen) atoms. The number of hydrogen-bond acceptors (Lipinski definition) is 4. The number of amides is 1. The summed E-state index contributed by atoms with van der Waals surface area (Å²) < 4.78 is 33.5. The van der Waals surface area contributed by atoms with E-state index in [2.05, 4.69) is 5.32 Å². The predicted molar refractivity (Wildman–Crippen MR) is 128 cm³/mol. The molecule has 0 radical (unpaired) electrons. The summed E-state index contributed by atoms with van der Waals surface area (Å²) in [7, 11) is -2.37. The molecule has 3 rings (SSSR count). The summed E-state index contributed by atoms with van der Waals surface area (Å²) >= 11 is 0. The number of methoxy groups -OCH3 is 1. The lowest BCUT2D eigenvalue weighted by Gasteiger charge is -2.26. The van der Waals surface area contributed by atoms with Crippen molar-refractivity contribution in [3.63, 3.8) is 0 Å². The Bertz CT molecular complexity index is 1180. The van der Waals surface area contributed by atoms with Gasteiger partial charge in [-0.25, -0.2) is 8.42 Å². The molecule has 0 aromatic heterocycles. The summed E-state index contributed by atoms with van der Waals surface area (Å²) in [6.45, 7) is 5.68. The number of rotatable bonds is 8. The van der Waals surface area contributed by atoms with Gasteiger partial charge in [-0.15, -0.1) is 0 Å². The molecule has 3 aromatic rings. The van der Waals surface area contributed by atoms with Crippen LogP contribution < -0.4 is 14.4 Å². The Kier molecular flexibility index (Phi) is 6.89. The fourth-order valence-corrected chi connectivity index (χ4v) is 4.92. The number of ether oxygens (including phenoxy) is 1. The van der Waals surface area contributed by atoms with Gasteiger partial charge in [0.2, 0.25) is 5.91 Å². The minimum absolute atomic E-state index is 0.0665. The van der Waals surface area contributed by atoms with Crippen LogP contribution in [0.4, 0.5) is 11.4 Å². The molecule has 168 valence electrons. The van der Waals surface area contributed by atoms with Crippen LogP contribution in [0.5, 0.6) is 5.75 Å². The normalized spacial score (nSPS) is 11.6. The monoisotopic (exact) mass is 452 g/mol. The molecule has 1 N–H and O–H groups in total. The molecule has 0 unspecified atom stereocenters. The quantitative estimate of drug-likeness (QED) is 0.531. The van der Waals surface area contributed by atoms with Crippen molar-refractivity contribution in [1.82, 2.24) is 0 Å². The average molecular weight is 453 g/mol. The van der Waals surface area contributed by atoms with Gasteiger partial charge in [0, 0.05) is 6.54 Å². The Morgan fingerprint density at radius 3 is 2.12 bits per heavy atom. The van der Waals surface area contributed by atoms with Gasteiger partial charge in [0.05, 0.1) is 28.8 Å². The highest BCUT2D eigenvalue weighted by Gasteiger charge is 2.31. The highest BCUT2D eigenvalue weighted by Crippen LogP contribution is 2.33. The van der Waals surface area contributed by atoms with E-state index in [9.17, 15) is 13.2 Å². The molecule has 1 amide bonds. The van der Waals surface area contributed by atoms with Gasteiger partial charge >= 0.3 is 0 Å². The summed E-state index contributed by atoms with van der Waals surface area (Å²) in [5.74, 6) is 0.107. The van der Waals surface area contributed by atoms with Gasteiger partial charge in [0.25, 0.3) is 10.0 Å². The van der Waals surface area contributed by atoms with Crippen molar-refractivity contribution in [2.24, 2.45) is 0 Å². The zero-order valence-corrected chi connectivity index (χ0v) is 19.5. The molecule has 0 saturated carbocycles. The molecule has 0 spiro atoms. The topological polar surface area (TPSA) is 75.7 Å². The summed E-state index contributed by atoms with van der Waals surface area (Å²) in [6.07, 6.45) is 0. The van der Waals surface area contributed by atoms with Crippen molar-refractivity contribution in [3.8, 4) is 5.75 Å². The number of carbonyl (C=O) groups excluding carboxylic acids is 1. The average Bonchev–Trinajstić information content (AvgIpc) is 2.80. The van der Waals surface area contributed by atoms with Crippen LogP contribution in [0, 0.1) is 0 Å². The molecular weight excluding hydrogens is 424 g/mol. The molecule has 0 heterocycles. The summed E-state index contributed by atoms with van der Waals surface area (Å²) in [5.41, 5.74) is 0.885. The van der Waals surface area contributed by atoms with Gasteiger partial charge in [0.15, 0.2) is 0 Å². The number of carbonyl (C=O) groups is 1. The van der Waals surface area contributed by atoms with Crippen molar-refractivity contribution in [1.29, 1.82) is 0 Å². The molecule has 0 bridgehead atoms. The van der Waals surface area contributed by atoms with E-state index >= 15 is 0 Å². The molecule has 0 saturated heterocycles. The number of benzene rings is 3. The highest BCUT2D eigenvalue weighted by molar-refractivity contribution is 7.92. The van der Waals surface area contributed by atoms with E-state index in [1.165, 1.54) is 23.5 Å². The van der Waals surface area contributed by atoms with Crippen LogP contribution in [0.3, 0.4) is 0 Å². The van der Waals surface area contributed by atoms with Crippen molar-refractivity contribution in [2.45, 2.75) is 31.1 Å². The second-order valence-electron chi connectivity index (χ2n) is 7.81. The van der Waals surface area contributed by atoms with Crippen LogP contribution in [0.25, 0.3) is 0 Å². The highest BCUT2D eigenvalue weighted by atomic mass is 32.2. The van der Waals surface area contributed by atoms with Crippen molar-refractivity contribution in [2.75, 3.05) is 23.3 Å². The third kappa shape index (κ3) is 4.62. The van der Waals surface area contributed by atoms with Crippen LogP contribution in [-0.4, -0.2) is 28.0 Å². The zero-order valence-electron chi connectivity index (χ0n) is 18.7. The molecule has 0 aliphatic heterocycles. The van der Waals surface area contributed by atoms with Crippen LogP contribution in [0.15, 0.2) is 83.8 Å². The Morgan fingerprint density at radius 1 is 0.969 bits per heavy atom. The Balaban J connectivity index is 1.97. The Morgan fingerprint density at radius 2 is 1.56 bits per heavy atom. The van der Waals surface area contributed by atoms with E-state index in [1.807, 2.05) is 50.2 Å². The maximum Gasteiger partial charge on any atom is 0.264 e. The molecule has 6 nitrogen and oxygen atoms in total. The maximum absolute atomic E-state index is 13.4. The predicted octanol–water partition coefficient (Wildman–Crippen LogP) is 4.83. The molecule has 3 aromatic carbocycles. The first-order valence-electron chi connectivity index (χ1n) is 10.3. The second-order valence-corrected chi connectivity index (χ2v) is 9.67. The number of nitrogens with zero attached hydrogens (tertiary/aromatic N) is 1. The van der Waals surface area contributed by atoms with Gasteiger partial charge in [0.1, 0.15) is 5.75 Å². The van der Waals surface area contributed by atoms with E-state index in [0.717, 1.165) is 5.56 Å². The summed E-state index contributed by atoms with van der Waals surface area (Å²) in [4.78, 5) is 13.2. The number of hydrogen-bond donors (Lipinski definition) is 1. The molecule has 0 aliphatic rings. The minimum Gasteiger partial charge on any atom is -0.495 e. The first kappa shape index (κ1) is 23.3. The third-order valence-electron chi connectivity index (χ3n) is 5.40. The van der Waals surface area contributed by atoms with Crippen LogP contribution in [0.1, 0.15) is 26.3 Å². The van der Waals surface area contributed by atoms with Crippen LogP contribution >= 0.6 is 0 Å². The standard InChI is InChI=1S/C25H28N2O4S/c1-5-27(20-14-10-7-11-15-20)32(29,30)21-16-17-23(31-4)22(18-21)26-24(28)25(2,3)19-12-8-6-9-13-19/h6-18H,5H2,1-4H3,(H,26,28). The van der Waals surface area contributed by atoms with Gasteiger partial charge in [-0.3, -0.25) is 9.10 Å². The largest absolute Gasteiger partial charge is 0.495 e. The molecule has 0 fully saturated rings. The van der Waals surface area contributed by atoms with Crippen molar-refractivity contribution >= 4 is 27.3 Å². The minimum atomic E-state index is -3.85. The number of nitrogens with one attached hydrogen (secondary N) is 1. The van der Waals surface area contributed by atoms with Crippen LogP contribution in [0.2, 0.25) is 0 Å². The summed E-state index contributed by atoms with van der Waals surface area (Å²) in [6, 6.07) is 22.8. The Labute approximate surface area is 189 Å². The SMILES string of the molecule is CCN(c1ccccc1)S(=O)(=O)c1ccc(OC)c(NC(=O)C(C)(C)c2ccccc2)c1. The van der Waals surface area contributed by atoms with E-state index in [-0.39, 0.29) is 17.3 Å². The van der Waals surface area contributed by atoms with Crippen LogP contribution in [-0.2, 0) is 20.2 Å². The lowest BCUT2D eigenvalue weighted by molar-refractivity contribution is -0.120. The molecule has 7 heteroatoms. The maximum atomic E-state index is 13.4. The first-order valence-corrected chi connectivity index (χ1v) is 11.8. The number of anilines is 2. The van der Waals surface area contributed by atoms with E-state index in [0.29, 0.717) is 17.1 Å². The fraction of sp³-hybridized carbons (Fsp3) is 0.240. The van der Waals surface area contributed by atoms with E-state index in [1.54, 1.807) is 37.3 Å².